The third kappa shape index (κ3) is 5.70. The number of benzene rings is 1. The second kappa shape index (κ2) is 9.74. The van der Waals surface area contributed by atoms with Gasteiger partial charge < -0.3 is 5.32 Å². The van der Waals surface area contributed by atoms with Crippen molar-refractivity contribution in [2.24, 2.45) is 5.92 Å². The number of halogens is 2. The molecule has 146 valence electrons. The van der Waals surface area contributed by atoms with Gasteiger partial charge in [-0.15, -0.1) is 0 Å². The van der Waals surface area contributed by atoms with Crippen molar-refractivity contribution in [2.45, 2.75) is 45.6 Å². The second-order valence-electron chi connectivity index (χ2n) is 7.32. The van der Waals surface area contributed by atoms with Gasteiger partial charge in [0.1, 0.15) is 11.6 Å². The highest BCUT2D eigenvalue weighted by atomic mass is 19.1. The minimum atomic E-state index is -0.434. The lowest BCUT2D eigenvalue weighted by molar-refractivity contribution is 0.161. The Morgan fingerprint density at radius 3 is 2.63 bits per heavy atom. The Morgan fingerprint density at radius 2 is 1.93 bits per heavy atom. The molecule has 0 bridgehead atoms. The minimum Gasteiger partial charge on any atom is -0.354 e. The van der Waals surface area contributed by atoms with E-state index >= 15 is 0 Å². The molecule has 0 unspecified atom stereocenters. The van der Waals surface area contributed by atoms with E-state index in [4.69, 9.17) is 0 Å². The summed E-state index contributed by atoms with van der Waals surface area (Å²) in [4.78, 5) is 11.1. The Kier molecular flexibility index (Phi) is 7.10. The molecule has 1 aliphatic rings. The number of anilines is 1. The summed E-state index contributed by atoms with van der Waals surface area (Å²) >= 11 is 0. The number of hydrogen-bond donors (Lipinski definition) is 1. The quantitative estimate of drug-likeness (QED) is 0.743. The van der Waals surface area contributed by atoms with Crippen molar-refractivity contribution in [3.05, 3.63) is 53.4 Å². The number of rotatable bonds is 8. The molecule has 1 aromatic heterocycles. The van der Waals surface area contributed by atoms with Crippen molar-refractivity contribution < 1.29 is 8.78 Å². The highest BCUT2D eigenvalue weighted by Gasteiger charge is 2.21. The molecule has 3 rings (SSSR count). The fraction of sp³-hybridized carbons (Fsp3) is 0.524. The van der Waals surface area contributed by atoms with E-state index in [0.717, 1.165) is 57.4 Å². The molecule has 0 saturated carbocycles. The van der Waals surface area contributed by atoms with Crippen LogP contribution in [0.25, 0.3) is 0 Å². The van der Waals surface area contributed by atoms with Gasteiger partial charge in [0.2, 0.25) is 5.95 Å². The molecule has 1 saturated heterocycles. The highest BCUT2D eigenvalue weighted by molar-refractivity contribution is 5.24. The van der Waals surface area contributed by atoms with E-state index in [1.807, 2.05) is 12.4 Å². The molecule has 4 nitrogen and oxygen atoms in total. The maximum Gasteiger partial charge on any atom is 0.222 e. The van der Waals surface area contributed by atoms with E-state index in [9.17, 15) is 8.78 Å². The van der Waals surface area contributed by atoms with Crippen LogP contribution in [-0.4, -0.2) is 34.5 Å². The summed E-state index contributed by atoms with van der Waals surface area (Å²) < 4.78 is 27.6. The molecular weight excluding hydrogens is 346 g/mol. The van der Waals surface area contributed by atoms with Crippen LogP contribution in [0.15, 0.2) is 30.6 Å². The first-order valence-electron chi connectivity index (χ1n) is 9.85. The summed E-state index contributed by atoms with van der Waals surface area (Å²) in [6, 6.07) is 4.09. The van der Waals surface area contributed by atoms with Crippen LogP contribution in [0.4, 0.5) is 14.7 Å². The zero-order valence-electron chi connectivity index (χ0n) is 15.9. The van der Waals surface area contributed by atoms with Gasteiger partial charge in [-0.1, -0.05) is 13.0 Å². The first kappa shape index (κ1) is 19.7. The lowest BCUT2D eigenvalue weighted by Gasteiger charge is -2.32. The Labute approximate surface area is 160 Å². The lowest BCUT2D eigenvalue weighted by Crippen LogP contribution is -2.35. The van der Waals surface area contributed by atoms with Crippen molar-refractivity contribution in [1.29, 1.82) is 0 Å². The Balaban J connectivity index is 1.50. The summed E-state index contributed by atoms with van der Waals surface area (Å²) in [7, 11) is 0. The van der Waals surface area contributed by atoms with Gasteiger partial charge >= 0.3 is 0 Å². The van der Waals surface area contributed by atoms with Crippen LogP contribution in [0.3, 0.4) is 0 Å². The van der Waals surface area contributed by atoms with E-state index in [2.05, 4.69) is 27.1 Å². The van der Waals surface area contributed by atoms with Crippen molar-refractivity contribution in [3.8, 4) is 0 Å². The van der Waals surface area contributed by atoms with Crippen LogP contribution in [0, 0.1) is 17.6 Å². The predicted molar refractivity (Wildman–Crippen MR) is 103 cm³/mol. The van der Waals surface area contributed by atoms with Gasteiger partial charge in [0, 0.05) is 43.2 Å². The van der Waals surface area contributed by atoms with Gasteiger partial charge in [-0.05, 0) is 56.7 Å². The number of nitrogens with one attached hydrogen (secondary N) is 1. The van der Waals surface area contributed by atoms with Crippen LogP contribution in [0.2, 0.25) is 0 Å². The van der Waals surface area contributed by atoms with Crippen LogP contribution in [0.5, 0.6) is 0 Å². The third-order valence-electron chi connectivity index (χ3n) is 5.11. The Bertz CT molecular complexity index is 700. The largest absolute Gasteiger partial charge is 0.354 e. The molecule has 1 atom stereocenters. The summed E-state index contributed by atoms with van der Waals surface area (Å²) in [6.45, 7) is 5.79. The zero-order chi connectivity index (χ0) is 19.1. The van der Waals surface area contributed by atoms with E-state index in [0.29, 0.717) is 18.3 Å². The Hall–Kier alpha value is -2.08. The second-order valence-corrected chi connectivity index (χ2v) is 7.32. The van der Waals surface area contributed by atoms with Crippen LogP contribution in [-0.2, 0) is 13.0 Å². The smallest absolute Gasteiger partial charge is 0.222 e. The molecule has 1 aliphatic heterocycles. The summed E-state index contributed by atoms with van der Waals surface area (Å²) in [5, 5.41) is 3.18. The van der Waals surface area contributed by atoms with Gasteiger partial charge in [-0.2, -0.15) is 0 Å². The monoisotopic (exact) mass is 374 g/mol. The topological polar surface area (TPSA) is 41.1 Å². The molecule has 1 N–H and O–H groups in total. The van der Waals surface area contributed by atoms with Gasteiger partial charge in [0.15, 0.2) is 0 Å². The molecule has 27 heavy (non-hydrogen) atoms. The van der Waals surface area contributed by atoms with Crippen LogP contribution < -0.4 is 5.32 Å². The zero-order valence-corrected chi connectivity index (χ0v) is 15.9. The predicted octanol–water partition coefficient (Wildman–Crippen LogP) is 4.42. The van der Waals surface area contributed by atoms with E-state index < -0.39 is 11.6 Å². The normalized spacial score (nSPS) is 17.8. The summed E-state index contributed by atoms with van der Waals surface area (Å²) in [5.74, 6) is 0.265. The SMILES string of the molecule is CCCNc1ncc(CN2CCC[C@H](CCc3c(F)cccc3F)C2)cn1. The molecule has 2 aromatic rings. The van der Waals surface area contributed by atoms with E-state index in [-0.39, 0.29) is 5.56 Å². The summed E-state index contributed by atoms with van der Waals surface area (Å²) in [5.41, 5.74) is 1.32. The average Bonchev–Trinajstić information content (AvgIpc) is 2.67. The number of nitrogens with zero attached hydrogens (tertiary/aromatic N) is 3. The standard InChI is InChI=1S/C21H28F2N4/c1-2-10-24-21-25-12-17(13-26-21)15-27-11-4-5-16(14-27)8-9-18-19(22)6-3-7-20(18)23/h3,6-7,12-13,16H,2,4-5,8-11,14-15H2,1H3,(H,24,25,26)/t16-/m1/s1. The van der Waals surface area contributed by atoms with Crippen molar-refractivity contribution >= 4 is 5.95 Å². The molecule has 2 heterocycles. The van der Waals surface area contributed by atoms with Crippen LogP contribution in [0.1, 0.15) is 43.7 Å². The third-order valence-corrected chi connectivity index (χ3v) is 5.11. The molecule has 1 fully saturated rings. The number of piperidine rings is 1. The molecule has 0 amide bonds. The minimum absolute atomic E-state index is 0.221. The van der Waals surface area contributed by atoms with E-state index in [1.165, 1.54) is 18.2 Å². The average molecular weight is 374 g/mol. The van der Waals surface area contributed by atoms with Gasteiger partial charge in [0.05, 0.1) is 0 Å². The van der Waals surface area contributed by atoms with E-state index in [1.54, 1.807) is 0 Å². The fourth-order valence-corrected chi connectivity index (χ4v) is 3.67. The van der Waals surface area contributed by atoms with Crippen molar-refractivity contribution in [3.63, 3.8) is 0 Å². The maximum atomic E-state index is 13.8. The first-order chi connectivity index (χ1) is 13.2. The molecular formula is C21H28F2N4. The first-order valence-corrected chi connectivity index (χ1v) is 9.85. The molecule has 0 radical (unpaired) electrons. The van der Waals surface area contributed by atoms with Crippen molar-refractivity contribution in [1.82, 2.24) is 14.9 Å². The van der Waals surface area contributed by atoms with Gasteiger partial charge in [-0.25, -0.2) is 18.7 Å². The molecule has 0 spiro atoms. The summed E-state index contributed by atoms with van der Waals surface area (Å²) in [6.07, 6.45) is 8.29. The van der Waals surface area contributed by atoms with Crippen LogP contribution >= 0.6 is 0 Å². The fourth-order valence-electron chi connectivity index (χ4n) is 3.67. The molecule has 6 heteroatoms. The molecule has 1 aromatic carbocycles. The number of aromatic nitrogens is 2. The Morgan fingerprint density at radius 1 is 1.19 bits per heavy atom. The van der Waals surface area contributed by atoms with Crippen molar-refractivity contribution in [2.75, 3.05) is 25.0 Å². The lowest BCUT2D eigenvalue weighted by atomic mass is 9.91. The number of likely N-dealkylation sites (tertiary alicyclic amines) is 1. The maximum absolute atomic E-state index is 13.8. The highest BCUT2D eigenvalue weighted by Crippen LogP contribution is 2.24. The number of hydrogen-bond acceptors (Lipinski definition) is 4. The molecule has 0 aliphatic carbocycles. The van der Waals surface area contributed by atoms with Gasteiger partial charge in [0.25, 0.3) is 0 Å². The van der Waals surface area contributed by atoms with Gasteiger partial charge in [-0.3, -0.25) is 4.90 Å².